The summed E-state index contributed by atoms with van der Waals surface area (Å²) in [4.78, 5) is 6.63. The van der Waals surface area contributed by atoms with Gasteiger partial charge in [0.2, 0.25) is 0 Å². The van der Waals surface area contributed by atoms with Gasteiger partial charge in [-0.05, 0) is 31.6 Å². The summed E-state index contributed by atoms with van der Waals surface area (Å²) in [7, 11) is -5.96. The van der Waals surface area contributed by atoms with Crippen LogP contribution in [0.1, 0.15) is 32.6 Å². The van der Waals surface area contributed by atoms with Crippen LogP contribution >= 0.6 is 0 Å². The van der Waals surface area contributed by atoms with Gasteiger partial charge in [0.05, 0.1) is 16.8 Å². The summed E-state index contributed by atoms with van der Waals surface area (Å²) in [5, 5.41) is 2.93. The number of likely N-dealkylation sites (tertiary alicyclic amines) is 1. The lowest BCUT2D eigenvalue weighted by atomic mass is 10.1. The van der Waals surface area contributed by atoms with Gasteiger partial charge in [-0.15, -0.1) is 0 Å². The molecule has 0 spiro atoms. The van der Waals surface area contributed by atoms with E-state index < -0.39 is 19.7 Å². The Bertz CT molecular complexity index is 658. The van der Waals surface area contributed by atoms with E-state index in [0.29, 0.717) is 25.9 Å². The molecule has 1 N–H and O–H groups in total. The van der Waals surface area contributed by atoms with Crippen LogP contribution in [-0.4, -0.2) is 76.9 Å². The maximum Gasteiger partial charge on any atom is 0.193 e. The lowest BCUT2D eigenvalue weighted by molar-refractivity contribution is 0.330. The third-order valence-corrected chi connectivity index (χ3v) is 8.08. The molecule has 24 heavy (non-hydrogen) atoms. The highest BCUT2D eigenvalue weighted by molar-refractivity contribution is 7.91. The van der Waals surface area contributed by atoms with Crippen molar-refractivity contribution in [2.45, 2.75) is 37.9 Å². The smallest absolute Gasteiger partial charge is 0.193 e. The van der Waals surface area contributed by atoms with Crippen LogP contribution in [0.3, 0.4) is 0 Å². The van der Waals surface area contributed by atoms with E-state index in [9.17, 15) is 16.8 Å². The molecule has 0 radical (unpaired) electrons. The second kappa shape index (κ2) is 8.03. The van der Waals surface area contributed by atoms with E-state index in [4.69, 9.17) is 0 Å². The van der Waals surface area contributed by atoms with Crippen LogP contribution in [0.2, 0.25) is 0 Å². The van der Waals surface area contributed by atoms with Gasteiger partial charge in [0, 0.05) is 32.4 Å². The number of nitrogens with zero attached hydrogens (tertiary/aromatic N) is 2. The molecule has 0 aromatic rings. The molecule has 2 aliphatic rings. The lowest BCUT2D eigenvalue weighted by Gasteiger charge is -2.34. The van der Waals surface area contributed by atoms with Gasteiger partial charge in [0.1, 0.15) is 0 Å². The summed E-state index contributed by atoms with van der Waals surface area (Å²) in [6.45, 7) is 4.54. The molecule has 2 aliphatic heterocycles. The molecule has 0 aromatic carbocycles. The Morgan fingerprint density at radius 3 is 2.67 bits per heavy atom. The van der Waals surface area contributed by atoms with Crippen molar-refractivity contribution in [1.82, 2.24) is 10.2 Å². The molecular weight excluding hydrogens is 350 g/mol. The first kappa shape index (κ1) is 19.5. The van der Waals surface area contributed by atoms with E-state index in [2.05, 4.69) is 17.2 Å². The normalized spacial score (nSPS) is 28.1. The zero-order valence-corrected chi connectivity index (χ0v) is 16.2. The van der Waals surface area contributed by atoms with Gasteiger partial charge < -0.3 is 10.2 Å². The summed E-state index contributed by atoms with van der Waals surface area (Å²) in [6.07, 6.45) is 4.42. The Morgan fingerprint density at radius 1 is 1.33 bits per heavy atom. The highest BCUT2D eigenvalue weighted by Crippen LogP contribution is 2.20. The fourth-order valence-corrected chi connectivity index (χ4v) is 6.11. The lowest BCUT2D eigenvalue weighted by Crippen LogP contribution is -2.50. The molecule has 2 heterocycles. The average molecular weight is 380 g/mol. The van der Waals surface area contributed by atoms with Gasteiger partial charge in [-0.25, -0.2) is 16.8 Å². The number of hydrogen-bond donors (Lipinski definition) is 1. The summed E-state index contributed by atoms with van der Waals surface area (Å²) in [6, 6.07) is 0. The minimum absolute atomic E-state index is 0.0731. The highest BCUT2D eigenvalue weighted by atomic mass is 32.2. The van der Waals surface area contributed by atoms with Gasteiger partial charge in [-0.1, -0.05) is 6.92 Å². The summed E-state index contributed by atoms with van der Waals surface area (Å²) in [5.74, 6) is 1.26. The van der Waals surface area contributed by atoms with Crippen LogP contribution < -0.4 is 5.32 Å². The molecule has 7 nitrogen and oxygen atoms in total. The zero-order chi connectivity index (χ0) is 17.8. The van der Waals surface area contributed by atoms with Crippen molar-refractivity contribution >= 4 is 25.6 Å². The Morgan fingerprint density at radius 2 is 2.08 bits per heavy atom. The van der Waals surface area contributed by atoms with Crippen molar-refractivity contribution in [3.63, 3.8) is 0 Å². The summed E-state index contributed by atoms with van der Waals surface area (Å²) in [5.41, 5.74) is 0. The minimum atomic E-state index is -3.06. The van der Waals surface area contributed by atoms with Gasteiger partial charge in [-0.3, -0.25) is 4.99 Å². The molecule has 0 bridgehead atoms. The fourth-order valence-electron chi connectivity index (χ4n) is 3.22. The Labute approximate surface area is 145 Å². The fraction of sp³-hybridized carbons (Fsp3) is 0.933. The predicted molar refractivity (Wildman–Crippen MR) is 96.8 cm³/mol. The molecule has 9 heteroatoms. The van der Waals surface area contributed by atoms with Gasteiger partial charge in [0.25, 0.3) is 0 Å². The first-order valence-electron chi connectivity index (χ1n) is 8.64. The number of guanidine groups is 1. The third kappa shape index (κ3) is 5.61. The molecule has 2 fully saturated rings. The molecule has 0 aliphatic carbocycles. The van der Waals surface area contributed by atoms with Crippen molar-refractivity contribution in [1.29, 1.82) is 0 Å². The summed E-state index contributed by atoms with van der Waals surface area (Å²) < 4.78 is 46.8. The molecule has 2 saturated heterocycles. The number of aliphatic imine (C=N–C) groups is 1. The summed E-state index contributed by atoms with van der Waals surface area (Å²) >= 11 is 0. The van der Waals surface area contributed by atoms with E-state index in [1.807, 2.05) is 4.90 Å². The van der Waals surface area contributed by atoms with Crippen LogP contribution in [-0.2, 0) is 19.7 Å². The Balaban J connectivity index is 2.05. The van der Waals surface area contributed by atoms with Crippen LogP contribution in [0, 0.1) is 5.92 Å². The van der Waals surface area contributed by atoms with E-state index in [1.54, 1.807) is 0 Å². The van der Waals surface area contributed by atoms with Crippen molar-refractivity contribution in [2.75, 3.05) is 43.9 Å². The standard InChI is InChI=1S/C15H29N3O4S2/c1-3-7-16-15(17-10-13-6-9-24(21,22)12-13)18-8-4-5-14(11-18)23(2,19)20/h13-14H,3-12H2,1-2H3,(H,16,17). The monoisotopic (exact) mass is 379 g/mol. The highest BCUT2D eigenvalue weighted by Gasteiger charge is 2.30. The maximum absolute atomic E-state index is 11.9. The van der Waals surface area contributed by atoms with E-state index >= 15 is 0 Å². The SMILES string of the molecule is CCCNC(=NCC1CCS(=O)(=O)C1)N1CCCC(S(C)(=O)=O)C1. The predicted octanol–water partition coefficient (Wildman–Crippen LogP) is 0.286. The van der Waals surface area contributed by atoms with Crippen LogP contribution in [0.5, 0.6) is 0 Å². The molecule has 0 amide bonds. The first-order valence-corrected chi connectivity index (χ1v) is 12.4. The topological polar surface area (TPSA) is 95.9 Å². The van der Waals surface area contributed by atoms with E-state index in [1.165, 1.54) is 6.26 Å². The minimum Gasteiger partial charge on any atom is -0.356 e. The molecule has 2 unspecified atom stereocenters. The number of sulfone groups is 2. The van der Waals surface area contributed by atoms with Crippen molar-refractivity contribution < 1.29 is 16.8 Å². The van der Waals surface area contributed by atoms with Crippen molar-refractivity contribution in [3.8, 4) is 0 Å². The van der Waals surface area contributed by atoms with E-state index in [0.717, 1.165) is 31.9 Å². The zero-order valence-electron chi connectivity index (χ0n) is 14.6. The van der Waals surface area contributed by atoms with Crippen molar-refractivity contribution in [2.24, 2.45) is 10.9 Å². The molecule has 140 valence electrons. The molecule has 2 atom stereocenters. The van der Waals surface area contributed by atoms with Gasteiger partial charge in [0.15, 0.2) is 25.6 Å². The number of nitrogens with one attached hydrogen (secondary N) is 1. The number of rotatable bonds is 5. The second-order valence-electron chi connectivity index (χ2n) is 6.90. The largest absolute Gasteiger partial charge is 0.356 e. The maximum atomic E-state index is 11.9. The number of hydrogen-bond acceptors (Lipinski definition) is 5. The third-order valence-electron chi connectivity index (χ3n) is 4.64. The Hall–Kier alpha value is -0.830. The number of piperidine rings is 1. The molecular formula is C15H29N3O4S2. The first-order chi connectivity index (χ1) is 11.2. The second-order valence-corrected chi connectivity index (χ2v) is 11.5. The molecule has 0 aromatic heterocycles. The van der Waals surface area contributed by atoms with Gasteiger partial charge >= 0.3 is 0 Å². The Kier molecular flexibility index (Phi) is 6.52. The van der Waals surface area contributed by atoms with Crippen molar-refractivity contribution in [3.05, 3.63) is 0 Å². The van der Waals surface area contributed by atoms with Gasteiger partial charge in [-0.2, -0.15) is 0 Å². The van der Waals surface area contributed by atoms with Crippen LogP contribution in [0.25, 0.3) is 0 Å². The molecule has 2 rings (SSSR count). The quantitative estimate of drug-likeness (QED) is 0.545. The average Bonchev–Trinajstić information content (AvgIpc) is 2.86. The molecule has 0 saturated carbocycles. The van der Waals surface area contributed by atoms with Crippen LogP contribution in [0.4, 0.5) is 0 Å². The van der Waals surface area contributed by atoms with Crippen LogP contribution in [0.15, 0.2) is 4.99 Å². The van der Waals surface area contributed by atoms with E-state index in [-0.39, 0.29) is 22.7 Å².